The molecule has 0 atom stereocenters. The van der Waals surface area contributed by atoms with Crippen LogP contribution in [0.3, 0.4) is 0 Å². The summed E-state index contributed by atoms with van der Waals surface area (Å²) in [5.41, 5.74) is 3.72. The van der Waals surface area contributed by atoms with Gasteiger partial charge in [-0.25, -0.2) is 0 Å². The number of nitrogens with zero attached hydrogens (tertiary/aromatic N) is 2. The van der Waals surface area contributed by atoms with Gasteiger partial charge in [0, 0.05) is 42.9 Å². The number of carbonyl (C=O) groups excluding carboxylic acids is 1. The molecule has 1 amide bonds. The molecule has 0 aliphatic carbocycles. The van der Waals surface area contributed by atoms with Crippen LogP contribution in [-0.2, 0) is 20.3 Å². The fourth-order valence-corrected chi connectivity index (χ4v) is 4.52. The van der Waals surface area contributed by atoms with Crippen LogP contribution in [0.5, 0.6) is 0 Å². The molecule has 1 heterocycles. The quantitative estimate of drug-likeness (QED) is 0.364. The summed E-state index contributed by atoms with van der Waals surface area (Å²) in [5.74, 6) is -0.373. The Bertz CT molecular complexity index is 1180. The summed E-state index contributed by atoms with van der Waals surface area (Å²) < 4.78 is 33.6. The van der Waals surface area contributed by atoms with Gasteiger partial charge in [-0.05, 0) is 32.1 Å². The fraction of sp³-hybridized carbons (Fsp3) is 0.280. The van der Waals surface area contributed by atoms with Gasteiger partial charge < -0.3 is 0 Å². The molecule has 0 bridgehead atoms. The summed E-state index contributed by atoms with van der Waals surface area (Å²) in [6.45, 7) is 6.24. The van der Waals surface area contributed by atoms with Crippen molar-refractivity contribution in [1.29, 1.82) is 0 Å². The number of fused-ring (bicyclic) bond motifs is 1. The number of hydrogen-bond donors (Lipinski definition) is 1. The summed E-state index contributed by atoms with van der Waals surface area (Å²) in [6.07, 6.45) is 7.73. The zero-order valence-corrected chi connectivity index (χ0v) is 19.4. The number of para-hydroxylation sites is 2. The van der Waals surface area contributed by atoms with E-state index in [9.17, 15) is 13.2 Å². The van der Waals surface area contributed by atoms with Crippen LogP contribution in [-0.4, -0.2) is 41.5 Å². The maximum absolute atomic E-state index is 12.1. The number of allylic oxidation sites excluding steroid dienone is 3. The number of carbonyl (C=O) groups is 1. The average molecular weight is 454 g/mol. The lowest BCUT2D eigenvalue weighted by Gasteiger charge is -2.16. The zero-order valence-electron chi connectivity index (χ0n) is 18.6. The minimum Gasteiger partial charge on any atom is -0.288 e. The highest BCUT2D eigenvalue weighted by Crippen LogP contribution is 2.39. The van der Waals surface area contributed by atoms with Crippen molar-refractivity contribution < 1.29 is 22.3 Å². The monoisotopic (exact) mass is 453 g/mol. The summed E-state index contributed by atoms with van der Waals surface area (Å²) in [7, 11) is -4.01. The molecule has 1 aliphatic heterocycles. The molecule has 2 aromatic carbocycles. The van der Waals surface area contributed by atoms with E-state index in [0.29, 0.717) is 13.0 Å². The van der Waals surface area contributed by atoms with E-state index in [2.05, 4.69) is 24.5 Å². The minimum atomic E-state index is -4.01. The second-order valence-corrected chi connectivity index (χ2v) is 9.82. The van der Waals surface area contributed by atoms with Gasteiger partial charge in [-0.3, -0.25) is 14.2 Å². The second-order valence-electron chi connectivity index (χ2n) is 8.24. The van der Waals surface area contributed by atoms with E-state index >= 15 is 0 Å². The molecule has 0 saturated carbocycles. The molecule has 3 rings (SSSR count). The number of rotatable bonds is 8. The van der Waals surface area contributed by atoms with E-state index in [4.69, 9.17) is 4.55 Å². The molecule has 0 fully saturated rings. The van der Waals surface area contributed by atoms with Crippen LogP contribution in [0.15, 0.2) is 79.0 Å². The number of hydrogen-bond acceptors (Lipinski definition) is 3. The van der Waals surface area contributed by atoms with E-state index in [1.807, 2.05) is 66.8 Å². The molecule has 168 valence electrons. The third kappa shape index (κ3) is 5.41. The van der Waals surface area contributed by atoms with Crippen molar-refractivity contribution in [3.05, 3.63) is 84.6 Å². The van der Waals surface area contributed by atoms with Crippen molar-refractivity contribution in [2.75, 3.05) is 17.2 Å². The SMILES string of the molecule is CC(=O)N(/C=C/C=C/C1=[N+](CCCS(=O)(=O)O)c2ccccc2C1(C)C)c1ccccc1. The molecule has 7 heteroatoms. The van der Waals surface area contributed by atoms with Crippen molar-refractivity contribution in [2.45, 2.75) is 32.6 Å². The van der Waals surface area contributed by atoms with Crippen LogP contribution < -0.4 is 4.90 Å². The first-order valence-corrected chi connectivity index (χ1v) is 12.1. The van der Waals surface area contributed by atoms with Crippen molar-refractivity contribution in [1.82, 2.24) is 0 Å². The molecule has 6 nitrogen and oxygen atoms in total. The van der Waals surface area contributed by atoms with Gasteiger partial charge in [-0.15, -0.1) is 0 Å². The summed E-state index contributed by atoms with van der Waals surface area (Å²) in [6, 6.07) is 17.5. The molecular formula is C25H29N2O4S+. The lowest BCUT2D eigenvalue weighted by atomic mass is 9.81. The van der Waals surface area contributed by atoms with Crippen LogP contribution in [0.4, 0.5) is 11.4 Å². The van der Waals surface area contributed by atoms with Crippen LogP contribution >= 0.6 is 0 Å². The Balaban J connectivity index is 1.89. The lowest BCUT2D eigenvalue weighted by Crippen LogP contribution is -2.28. The maximum Gasteiger partial charge on any atom is 0.265 e. The van der Waals surface area contributed by atoms with Gasteiger partial charge in [-0.2, -0.15) is 13.0 Å². The molecule has 2 aromatic rings. The molecule has 1 N–H and O–H groups in total. The Morgan fingerprint density at radius 1 is 1.06 bits per heavy atom. The van der Waals surface area contributed by atoms with Crippen molar-refractivity contribution in [3.8, 4) is 0 Å². The molecule has 0 aromatic heterocycles. The highest BCUT2D eigenvalue weighted by atomic mass is 32.2. The average Bonchev–Trinajstić information content (AvgIpc) is 2.94. The first-order valence-electron chi connectivity index (χ1n) is 10.5. The highest BCUT2D eigenvalue weighted by Gasteiger charge is 2.43. The Kier molecular flexibility index (Phi) is 7.11. The summed E-state index contributed by atoms with van der Waals surface area (Å²) in [5, 5.41) is 0. The van der Waals surface area contributed by atoms with Crippen molar-refractivity contribution in [3.63, 3.8) is 0 Å². The van der Waals surface area contributed by atoms with E-state index in [-0.39, 0.29) is 17.1 Å². The number of anilines is 1. The van der Waals surface area contributed by atoms with Gasteiger partial charge in [0.2, 0.25) is 11.6 Å². The van der Waals surface area contributed by atoms with E-state index < -0.39 is 10.1 Å². The van der Waals surface area contributed by atoms with E-state index in [1.54, 1.807) is 11.1 Å². The summed E-state index contributed by atoms with van der Waals surface area (Å²) in [4.78, 5) is 13.6. The first-order chi connectivity index (χ1) is 15.1. The molecule has 0 saturated heterocycles. The second kappa shape index (κ2) is 9.63. The Morgan fingerprint density at radius 3 is 2.38 bits per heavy atom. The zero-order chi connectivity index (χ0) is 23.4. The fourth-order valence-electron chi connectivity index (χ4n) is 4.03. The Hall–Kier alpha value is -3.03. The van der Waals surface area contributed by atoms with Gasteiger partial charge >= 0.3 is 0 Å². The van der Waals surface area contributed by atoms with Gasteiger partial charge in [0.05, 0.1) is 11.2 Å². The van der Waals surface area contributed by atoms with E-state index in [0.717, 1.165) is 22.6 Å². The molecule has 0 radical (unpaired) electrons. The maximum atomic E-state index is 12.1. The largest absolute Gasteiger partial charge is 0.288 e. The Labute approximate surface area is 190 Å². The highest BCUT2D eigenvalue weighted by molar-refractivity contribution is 7.85. The van der Waals surface area contributed by atoms with Crippen LogP contribution in [0, 0.1) is 0 Å². The Morgan fingerprint density at radius 2 is 1.72 bits per heavy atom. The third-order valence-electron chi connectivity index (χ3n) is 5.56. The smallest absolute Gasteiger partial charge is 0.265 e. The standard InChI is InChI=1S/C25H28N2O4S/c1-20(28)26(21-12-5-4-6-13-21)17-10-9-16-24-25(2,3)22-14-7-8-15-23(22)27(24)18-11-19-32(29,30)31/h4-10,12-17H,11,18-19H2,1-3H3/p+1. The topological polar surface area (TPSA) is 77.7 Å². The lowest BCUT2D eigenvalue weighted by molar-refractivity contribution is -0.437. The van der Waals surface area contributed by atoms with Gasteiger partial charge in [0.25, 0.3) is 10.1 Å². The molecule has 0 unspecified atom stereocenters. The van der Waals surface area contributed by atoms with Crippen molar-refractivity contribution in [2.24, 2.45) is 0 Å². The molecular weight excluding hydrogens is 424 g/mol. The normalized spacial score (nSPS) is 15.5. The predicted molar refractivity (Wildman–Crippen MR) is 128 cm³/mol. The molecule has 32 heavy (non-hydrogen) atoms. The molecule has 0 spiro atoms. The predicted octanol–water partition coefficient (Wildman–Crippen LogP) is 4.46. The van der Waals surface area contributed by atoms with Crippen LogP contribution in [0.1, 0.15) is 32.8 Å². The summed E-state index contributed by atoms with van der Waals surface area (Å²) >= 11 is 0. The van der Waals surface area contributed by atoms with Crippen molar-refractivity contribution >= 4 is 33.1 Å². The van der Waals surface area contributed by atoms with Gasteiger partial charge in [0.1, 0.15) is 6.54 Å². The number of benzene rings is 2. The number of amides is 1. The minimum absolute atomic E-state index is 0.0889. The first kappa shape index (κ1) is 23.6. The van der Waals surface area contributed by atoms with E-state index in [1.165, 1.54) is 6.92 Å². The van der Waals surface area contributed by atoms with Gasteiger partial charge in [0.15, 0.2) is 5.71 Å². The molecule has 1 aliphatic rings. The van der Waals surface area contributed by atoms with Crippen LogP contribution in [0.2, 0.25) is 0 Å². The van der Waals surface area contributed by atoms with Gasteiger partial charge in [-0.1, -0.05) is 42.5 Å². The third-order valence-corrected chi connectivity index (χ3v) is 6.36. The van der Waals surface area contributed by atoms with Crippen LogP contribution in [0.25, 0.3) is 0 Å².